The Labute approximate surface area is 177 Å². The normalized spacial score (nSPS) is 18.8. The molecule has 5 nitrogen and oxygen atoms in total. The molecule has 1 aliphatic rings. The largest absolute Gasteiger partial charge is 0.383 e. The number of rotatable bonds is 7. The predicted molar refractivity (Wildman–Crippen MR) is 120 cm³/mol. The SMILES string of the molecule is CCc1ccc(N2C(=S)N[C@H](c3ccccn3)[C@H]2c2cccn2CCOC)cc1. The van der Waals surface area contributed by atoms with E-state index in [0.717, 1.165) is 29.5 Å². The fraction of sp³-hybridized carbons (Fsp3) is 0.304. The van der Waals surface area contributed by atoms with Gasteiger partial charge in [-0.2, -0.15) is 0 Å². The number of methoxy groups -OCH3 is 1. The molecule has 6 heteroatoms. The summed E-state index contributed by atoms with van der Waals surface area (Å²) >= 11 is 5.80. The van der Waals surface area contributed by atoms with E-state index in [1.165, 1.54) is 11.3 Å². The molecule has 1 N–H and O–H groups in total. The summed E-state index contributed by atoms with van der Waals surface area (Å²) < 4.78 is 7.56. The van der Waals surface area contributed by atoms with Gasteiger partial charge in [0, 0.05) is 37.4 Å². The van der Waals surface area contributed by atoms with Crippen LogP contribution < -0.4 is 10.2 Å². The number of pyridine rings is 1. The molecule has 4 rings (SSSR count). The summed E-state index contributed by atoms with van der Waals surface area (Å²) in [6, 6.07) is 18.9. The van der Waals surface area contributed by atoms with Crippen LogP contribution in [0.25, 0.3) is 0 Å². The van der Waals surface area contributed by atoms with Crippen LogP contribution in [0.5, 0.6) is 0 Å². The Bertz CT molecular complexity index is 955. The maximum atomic E-state index is 5.80. The number of nitrogens with one attached hydrogen (secondary N) is 1. The molecule has 0 aliphatic carbocycles. The van der Waals surface area contributed by atoms with Gasteiger partial charge in [0.1, 0.15) is 6.04 Å². The fourth-order valence-corrected chi connectivity index (χ4v) is 4.26. The van der Waals surface area contributed by atoms with Crippen molar-refractivity contribution in [3.05, 3.63) is 83.9 Å². The summed E-state index contributed by atoms with van der Waals surface area (Å²) in [5.41, 5.74) is 4.56. The van der Waals surface area contributed by atoms with E-state index in [0.29, 0.717) is 6.61 Å². The van der Waals surface area contributed by atoms with Crippen LogP contribution in [0, 0.1) is 0 Å². The Morgan fingerprint density at radius 3 is 2.62 bits per heavy atom. The lowest BCUT2D eigenvalue weighted by Crippen LogP contribution is -2.30. The number of hydrogen-bond acceptors (Lipinski definition) is 3. The van der Waals surface area contributed by atoms with Gasteiger partial charge in [-0.15, -0.1) is 0 Å². The average Bonchev–Trinajstić information content (AvgIpc) is 3.36. The van der Waals surface area contributed by atoms with Crippen molar-refractivity contribution < 1.29 is 4.74 Å². The Morgan fingerprint density at radius 1 is 1.10 bits per heavy atom. The van der Waals surface area contributed by atoms with Crippen molar-refractivity contribution in [2.75, 3.05) is 18.6 Å². The summed E-state index contributed by atoms with van der Waals surface area (Å²) in [7, 11) is 1.73. The van der Waals surface area contributed by atoms with E-state index in [1.807, 2.05) is 18.3 Å². The molecule has 2 atom stereocenters. The van der Waals surface area contributed by atoms with Crippen molar-refractivity contribution in [2.24, 2.45) is 0 Å². The second kappa shape index (κ2) is 8.76. The van der Waals surface area contributed by atoms with Crippen LogP contribution in [0.3, 0.4) is 0 Å². The van der Waals surface area contributed by atoms with Crippen molar-refractivity contribution in [3.8, 4) is 0 Å². The number of aromatic nitrogens is 2. The fourth-order valence-electron chi connectivity index (χ4n) is 3.91. The lowest BCUT2D eigenvalue weighted by atomic mass is 10.0. The Kier molecular flexibility index (Phi) is 5.92. The second-order valence-electron chi connectivity index (χ2n) is 7.14. The second-order valence-corrected chi connectivity index (χ2v) is 7.52. The van der Waals surface area contributed by atoms with Crippen LogP contribution in [0.2, 0.25) is 0 Å². The topological polar surface area (TPSA) is 42.3 Å². The Balaban J connectivity index is 1.78. The zero-order valence-electron chi connectivity index (χ0n) is 16.8. The highest BCUT2D eigenvalue weighted by Gasteiger charge is 2.41. The highest BCUT2D eigenvalue weighted by molar-refractivity contribution is 7.80. The summed E-state index contributed by atoms with van der Waals surface area (Å²) in [4.78, 5) is 6.83. The van der Waals surface area contributed by atoms with E-state index in [-0.39, 0.29) is 12.1 Å². The first-order valence-corrected chi connectivity index (χ1v) is 10.4. The third-order valence-electron chi connectivity index (χ3n) is 5.42. The van der Waals surface area contributed by atoms with Gasteiger partial charge in [0.15, 0.2) is 5.11 Å². The highest BCUT2D eigenvalue weighted by Crippen LogP contribution is 2.41. The molecule has 1 aromatic carbocycles. The van der Waals surface area contributed by atoms with Crippen LogP contribution in [-0.2, 0) is 17.7 Å². The Hall–Kier alpha value is -2.70. The van der Waals surface area contributed by atoms with Gasteiger partial charge in [-0.3, -0.25) is 4.98 Å². The molecular formula is C23H26N4OS. The van der Waals surface area contributed by atoms with Crippen molar-refractivity contribution in [3.63, 3.8) is 0 Å². The first-order valence-electron chi connectivity index (χ1n) is 9.96. The zero-order chi connectivity index (χ0) is 20.2. The molecule has 1 fully saturated rings. The maximum Gasteiger partial charge on any atom is 0.174 e. The molecule has 1 saturated heterocycles. The summed E-state index contributed by atoms with van der Waals surface area (Å²) in [5.74, 6) is 0. The van der Waals surface area contributed by atoms with Gasteiger partial charge in [0.25, 0.3) is 0 Å². The van der Waals surface area contributed by atoms with E-state index in [2.05, 4.69) is 75.4 Å². The van der Waals surface area contributed by atoms with Gasteiger partial charge in [-0.25, -0.2) is 0 Å². The van der Waals surface area contributed by atoms with E-state index >= 15 is 0 Å². The smallest absolute Gasteiger partial charge is 0.174 e. The van der Waals surface area contributed by atoms with Gasteiger partial charge in [-0.05, 0) is 60.6 Å². The third-order valence-corrected chi connectivity index (χ3v) is 5.74. The number of aryl methyl sites for hydroxylation is 1. The lowest BCUT2D eigenvalue weighted by molar-refractivity contribution is 0.186. The molecule has 0 spiro atoms. The number of hydrogen-bond donors (Lipinski definition) is 1. The molecule has 3 aromatic rings. The number of benzene rings is 1. The van der Waals surface area contributed by atoms with Gasteiger partial charge >= 0.3 is 0 Å². The van der Waals surface area contributed by atoms with Crippen molar-refractivity contribution in [1.29, 1.82) is 0 Å². The molecule has 29 heavy (non-hydrogen) atoms. The van der Waals surface area contributed by atoms with Crippen LogP contribution in [-0.4, -0.2) is 28.4 Å². The quantitative estimate of drug-likeness (QED) is 0.594. The van der Waals surface area contributed by atoms with E-state index in [4.69, 9.17) is 17.0 Å². The zero-order valence-corrected chi connectivity index (χ0v) is 17.6. The summed E-state index contributed by atoms with van der Waals surface area (Å²) in [6.07, 6.45) is 4.95. The molecule has 0 saturated carbocycles. The number of nitrogens with zero attached hydrogens (tertiary/aromatic N) is 3. The number of anilines is 1. The standard InChI is InChI=1S/C23H26N4OS/c1-3-17-9-11-18(12-10-17)27-22(20-8-6-14-26(20)15-16-28-2)21(25-23(27)29)19-7-4-5-13-24-19/h4-14,21-22H,3,15-16H2,1-2H3,(H,25,29)/t21-,22-/m1/s1. The summed E-state index contributed by atoms with van der Waals surface area (Å²) in [6.45, 7) is 3.62. The molecule has 3 heterocycles. The lowest BCUT2D eigenvalue weighted by Gasteiger charge is -2.29. The van der Waals surface area contributed by atoms with Gasteiger partial charge in [0.05, 0.1) is 18.3 Å². The molecule has 1 aliphatic heterocycles. The molecular weight excluding hydrogens is 380 g/mol. The third kappa shape index (κ3) is 3.91. The molecule has 150 valence electrons. The summed E-state index contributed by atoms with van der Waals surface area (Å²) in [5, 5.41) is 4.24. The van der Waals surface area contributed by atoms with Gasteiger partial charge in [0.2, 0.25) is 0 Å². The first-order chi connectivity index (χ1) is 14.2. The van der Waals surface area contributed by atoms with Crippen LogP contribution in [0.4, 0.5) is 5.69 Å². The molecule has 0 radical (unpaired) electrons. The van der Waals surface area contributed by atoms with Crippen molar-refractivity contribution >= 4 is 23.0 Å². The van der Waals surface area contributed by atoms with Crippen LogP contribution in [0.1, 0.15) is 36.0 Å². The minimum atomic E-state index is -0.0363. The van der Waals surface area contributed by atoms with Crippen molar-refractivity contribution in [2.45, 2.75) is 32.0 Å². The molecule has 0 unspecified atom stereocenters. The predicted octanol–water partition coefficient (Wildman–Crippen LogP) is 4.27. The van der Waals surface area contributed by atoms with Gasteiger partial charge < -0.3 is 19.5 Å². The van der Waals surface area contributed by atoms with E-state index in [9.17, 15) is 0 Å². The first kappa shape index (κ1) is 19.6. The van der Waals surface area contributed by atoms with E-state index in [1.54, 1.807) is 7.11 Å². The molecule has 0 bridgehead atoms. The Morgan fingerprint density at radius 2 is 1.93 bits per heavy atom. The minimum absolute atomic E-state index is 0.00303. The van der Waals surface area contributed by atoms with Crippen LogP contribution >= 0.6 is 12.2 Å². The number of ether oxygens (including phenoxy) is 1. The molecule has 0 amide bonds. The van der Waals surface area contributed by atoms with Crippen LogP contribution in [0.15, 0.2) is 67.0 Å². The average molecular weight is 407 g/mol. The molecule has 2 aromatic heterocycles. The van der Waals surface area contributed by atoms with Crippen molar-refractivity contribution in [1.82, 2.24) is 14.9 Å². The maximum absolute atomic E-state index is 5.80. The van der Waals surface area contributed by atoms with Gasteiger partial charge in [-0.1, -0.05) is 25.1 Å². The minimum Gasteiger partial charge on any atom is -0.383 e. The monoisotopic (exact) mass is 406 g/mol. The number of thiocarbonyl (C=S) groups is 1. The highest BCUT2D eigenvalue weighted by atomic mass is 32.1. The van der Waals surface area contributed by atoms with E-state index < -0.39 is 0 Å².